The van der Waals surface area contributed by atoms with E-state index in [0.717, 1.165) is 0 Å². The Morgan fingerprint density at radius 3 is 2.91 bits per heavy atom. The van der Waals surface area contributed by atoms with Crippen molar-refractivity contribution in [2.24, 2.45) is 16.1 Å². The second-order valence-corrected chi connectivity index (χ2v) is 1.87. The van der Waals surface area contributed by atoms with Gasteiger partial charge in [0.1, 0.15) is 0 Å². The van der Waals surface area contributed by atoms with E-state index >= 15 is 0 Å². The van der Waals surface area contributed by atoms with Gasteiger partial charge in [0.2, 0.25) is 0 Å². The van der Waals surface area contributed by atoms with Gasteiger partial charge in [-0.3, -0.25) is 15.0 Å². The predicted molar refractivity (Wildman–Crippen MR) is 35.1 cm³/mol. The maximum atomic E-state index is 10.7. The fourth-order valence-corrected chi connectivity index (χ4v) is 0.590. The molecule has 0 bridgehead atoms. The molecule has 1 aliphatic heterocycles. The topological polar surface area (TPSA) is 96.9 Å². The highest BCUT2D eigenvalue weighted by Gasteiger charge is 2.16. The van der Waals surface area contributed by atoms with Gasteiger partial charge in [-0.1, -0.05) is 0 Å². The Bertz CT molecular complexity index is 229. The third-order valence-electron chi connectivity index (χ3n) is 1.11. The van der Waals surface area contributed by atoms with Gasteiger partial charge >= 0.3 is 0 Å². The van der Waals surface area contributed by atoms with Crippen molar-refractivity contribution in [1.29, 1.82) is 0 Å². The zero-order chi connectivity index (χ0) is 8.27. The maximum Gasteiger partial charge on any atom is 0.287 e. The van der Waals surface area contributed by atoms with Gasteiger partial charge in [0, 0.05) is 6.08 Å². The molecule has 1 heterocycles. The average molecular weight is 154 g/mol. The number of azo groups is 1. The van der Waals surface area contributed by atoms with E-state index in [1.165, 1.54) is 12.2 Å². The van der Waals surface area contributed by atoms with Crippen LogP contribution in [-0.2, 0) is 9.59 Å². The lowest BCUT2D eigenvalue weighted by Crippen LogP contribution is -2.37. The quantitative estimate of drug-likeness (QED) is 0.285. The van der Waals surface area contributed by atoms with Crippen LogP contribution >= 0.6 is 0 Å². The van der Waals surface area contributed by atoms with E-state index in [2.05, 4.69) is 10.2 Å². The summed E-state index contributed by atoms with van der Waals surface area (Å²) in [5.41, 5.74) is 1.89. The Balaban J connectivity index is 2.65. The molecule has 6 nitrogen and oxygen atoms in total. The number of hydrazine groups is 1. The molecule has 0 aliphatic carbocycles. The van der Waals surface area contributed by atoms with Crippen LogP contribution < -0.4 is 11.3 Å². The van der Waals surface area contributed by atoms with Crippen LogP contribution in [0.5, 0.6) is 0 Å². The van der Waals surface area contributed by atoms with Crippen molar-refractivity contribution in [3.05, 3.63) is 12.2 Å². The third kappa shape index (κ3) is 1.68. The SMILES string of the molecule is NNC(=O)C1C=CC(=O)N=N1. The summed E-state index contributed by atoms with van der Waals surface area (Å²) in [4.78, 5) is 21.1. The van der Waals surface area contributed by atoms with Crippen molar-refractivity contribution in [1.82, 2.24) is 5.43 Å². The van der Waals surface area contributed by atoms with Gasteiger partial charge in [-0.05, 0) is 6.08 Å². The largest absolute Gasteiger partial charge is 0.292 e. The van der Waals surface area contributed by atoms with E-state index in [1.54, 1.807) is 0 Å². The van der Waals surface area contributed by atoms with E-state index in [4.69, 9.17) is 5.84 Å². The summed E-state index contributed by atoms with van der Waals surface area (Å²) < 4.78 is 0. The second-order valence-electron chi connectivity index (χ2n) is 1.87. The molecule has 0 saturated heterocycles. The van der Waals surface area contributed by atoms with Crippen LogP contribution in [0.2, 0.25) is 0 Å². The molecule has 0 aromatic heterocycles. The van der Waals surface area contributed by atoms with Crippen molar-refractivity contribution >= 4 is 11.8 Å². The van der Waals surface area contributed by atoms with Crippen molar-refractivity contribution in [3.8, 4) is 0 Å². The predicted octanol–water partition coefficient (Wildman–Crippen LogP) is -1.11. The van der Waals surface area contributed by atoms with Gasteiger partial charge in [0.25, 0.3) is 11.8 Å². The summed E-state index contributed by atoms with van der Waals surface area (Å²) in [6.07, 6.45) is 2.50. The van der Waals surface area contributed by atoms with Gasteiger partial charge in [-0.25, -0.2) is 5.84 Å². The highest BCUT2D eigenvalue weighted by molar-refractivity contribution is 5.92. The number of nitrogens with one attached hydrogen (secondary N) is 1. The number of amides is 2. The Morgan fingerprint density at radius 2 is 2.45 bits per heavy atom. The second kappa shape index (κ2) is 3.02. The molecule has 1 unspecified atom stereocenters. The summed E-state index contributed by atoms with van der Waals surface area (Å²) in [7, 11) is 0. The zero-order valence-corrected chi connectivity index (χ0v) is 5.52. The number of carbonyl (C=O) groups is 2. The minimum absolute atomic E-state index is 0.467. The van der Waals surface area contributed by atoms with Crippen molar-refractivity contribution < 1.29 is 9.59 Å². The molecular weight excluding hydrogens is 148 g/mol. The number of rotatable bonds is 1. The first-order chi connectivity index (χ1) is 5.24. The molecule has 2 amide bonds. The molecule has 0 spiro atoms. The summed E-state index contributed by atoms with van der Waals surface area (Å²) in [6.45, 7) is 0. The lowest BCUT2D eigenvalue weighted by Gasteiger charge is -2.05. The van der Waals surface area contributed by atoms with E-state index in [-0.39, 0.29) is 0 Å². The van der Waals surface area contributed by atoms with Gasteiger partial charge in [0.05, 0.1) is 0 Å². The minimum atomic E-state index is -0.766. The molecule has 3 N–H and O–H groups in total. The number of nitrogens with zero attached hydrogens (tertiary/aromatic N) is 2. The molecule has 1 rings (SSSR count). The summed E-state index contributed by atoms with van der Waals surface area (Å²) >= 11 is 0. The fraction of sp³-hybridized carbons (Fsp3) is 0.200. The number of hydrogen-bond donors (Lipinski definition) is 2. The maximum absolute atomic E-state index is 10.7. The first kappa shape index (κ1) is 7.55. The highest BCUT2D eigenvalue weighted by atomic mass is 16.2. The van der Waals surface area contributed by atoms with Crippen molar-refractivity contribution in [2.45, 2.75) is 6.04 Å². The molecule has 0 aromatic rings. The first-order valence-electron chi connectivity index (χ1n) is 2.87. The van der Waals surface area contributed by atoms with Crippen LogP contribution in [0, 0.1) is 0 Å². The standard InChI is InChI=1S/C5H6N4O2/c6-7-5(11)3-1-2-4(10)9-8-3/h1-3H,6H2,(H,7,11). The number of hydrogen-bond acceptors (Lipinski definition) is 4. The van der Waals surface area contributed by atoms with E-state index in [0.29, 0.717) is 0 Å². The van der Waals surface area contributed by atoms with Crippen LogP contribution in [0.15, 0.2) is 22.4 Å². The van der Waals surface area contributed by atoms with Crippen LogP contribution in [0.25, 0.3) is 0 Å². The van der Waals surface area contributed by atoms with Crippen LogP contribution in [0.1, 0.15) is 0 Å². The molecule has 6 heteroatoms. The van der Waals surface area contributed by atoms with E-state index in [1.807, 2.05) is 5.43 Å². The summed E-state index contributed by atoms with van der Waals surface area (Å²) in [6, 6.07) is -0.766. The lowest BCUT2D eigenvalue weighted by atomic mass is 10.2. The van der Waals surface area contributed by atoms with Crippen molar-refractivity contribution in [3.63, 3.8) is 0 Å². The van der Waals surface area contributed by atoms with Gasteiger partial charge in [0.15, 0.2) is 6.04 Å². The Hall–Kier alpha value is -1.56. The molecule has 1 aliphatic rings. The fourth-order valence-electron chi connectivity index (χ4n) is 0.590. The molecule has 0 radical (unpaired) electrons. The van der Waals surface area contributed by atoms with Crippen molar-refractivity contribution in [2.75, 3.05) is 0 Å². The number of carbonyl (C=O) groups excluding carboxylic acids is 2. The Morgan fingerprint density at radius 1 is 1.73 bits per heavy atom. The molecule has 58 valence electrons. The van der Waals surface area contributed by atoms with Gasteiger partial charge in [-0.15, -0.1) is 5.11 Å². The highest BCUT2D eigenvalue weighted by Crippen LogP contribution is 2.01. The monoisotopic (exact) mass is 154 g/mol. The van der Waals surface area contributed by atoms with Crippen LogP contribution in [0.3, 0.4) is 0 Å². The first-order valence-corrected chi connectivity index (χ1v) is 2.87. The number of nitrogens with two attached hydrogens (primary N) is 1. The third-order valence-corrected chi connectivity index (χ3v) is 1.11. The zero-order valence-electron chi connectivity index (χ0n) is 5.52. The molecule has 1 atom stereocenters. The van der Waals surface area contributed by atoms with Gasteiger partial charge < -0.3 is 0 Å². The van der Waals surface area contributed by atoms with Gasteiger partial charge in [-0.2, -0.15) is 5.11 Å². The normalized spacial score (nSPS) is 21.9. The Kier molecular flexibility index (Phi) is 2.07. The van der Waals surface area contributed by atoms with E-state index < -0.39 is 17.9 Å². The van der Waals surface area contributed by atoms with E-state index in [9.17, 15) is 9.59 Å². The average Bonchev–Trinajstić information content (AvgIpc) is 2.05. The summed E-state index contributed by atoms with van der Waals surface area (Å²) in [5, 5.41) is 6.54. The Labute approximate surface area is 62.1 Å². The van der Waals surface area contributed by atoms with Crippen LogP contribution in [-0.4, -0.2) is 17.9 Å². The molecular formula is C5H6N4O2. The smallest absolute Gasteiger partial charge is 0.287 e. The molecule has 0 saturated carbocycles. The minimum Gasteiger partial charge on any atom is -0.292 e. The molecule has 0 fully saturated rings. The molecule has 11 heavy (non-hydrogen) atoms. The lowest BCUT2D eigenvalue weighted by molar-refractivity contribution is -0.121. The summed E-state index contributed by atoms with van der Waals surface area (Å²) in [5.74, 6) is 3.86. The van der Waals surface area contributed by atoms with Crippen LogP contribution in [0.4, 0.5) is 0 Å². The molecule has 0 aromatic carbocycles.